The molecule has 4 heteroatoms. The van der Waals surface area contributed by atoms with Gasteiger partial charge in [-0.15, -0.1) is 0 Å². The molecular formula is C10H7FO2S. The highest BCUT2D eigenvalue weighted by atomic mass is 32.1. The molecule has 72 valence electrons. The van der Waals surface area contributed by atoms with Crippen LogP contribution < -0.4 is 4.74 Å². The van der Waals surface area contributed by atoms with Crippen LogP contribution in [0, 0.1) is 5.82 Å². The molecular weight excluding hydrogens is 203 g/mol. The monoisotopic (exact) mass is 210 g/mol. The smallest absolute Gasteiger partial charge is 0.174 e. The Hall–Kier alpha value is -1.42. The molecule has 0 unspecified atom stereocenters. The lowest BCUT2D eigenvalue weighted by atomic mass is 10.2. The van der Waals surface area contributed by atoms with Gasteiger partial charge in [0.15, 0.2) is 17.2 Å². The number of ether oxygens (including phenoxy) is 1. The largest absolute Gasteiger partial charge is 0.487 e. The van der Waals surface area contributed by atoms with Crippen molar-refractivity contribution in [3.63, 3.8) is 0 Å². The number of benzene rings is 1. The normalized spacial score (nSPS) is 10.4. The minimum absolute atomic E-state index is 0.0852. The van der Waals surface area contributed by atoms with Crippen molar-refractivity contribution < 1.29 is 13.9 Å². The molecule has 0 fully saturated rings. The molecule has 0 aliphatic carbocycles. The molecule has 0 amide bonds. The van der Waals surface area contributed by atoms with Gasteiger partial charge in [0.1, 0.15) is 0 Å². The third-order valence-electron chi connectivity index (χ3n) is 1.96. The van der Waals surface area contributed by atoms with E-state index in [2.05, 4.69) is 0 Å². The quantitative estimate of drug-likeness (QED) is 0.712. The van der Waals surface area contributed by atoms with Crippen molar-refractivity contribution in [3.05, 3.63) is 29.6 Å². The fourth-order valence-corrected chi connectivity index (χ4v) is 2.17. The summed E-state index contributed by atoms with van der Waals surface area (Å²) in [6, 6.07) is 4.93. The van der Waals surface area contributed by atoms with Crippen molar-refractivity contribution in [2.45, 2.75) is 0 Å². The minimum Gasteiger partial charge on any atom is -0.487 e. The van der Waals surface area contributed by atoms with E-state index in [0.717, 1.165) is 5.39 Å². The number of thiophene rings is 1. The van der Waals surface area contributed by atoms with E-state index >= 15 is 0 Å². The zero-order valence-corrected chi connectivity index (χ0v) is 8.23. The predicted molar refractivity (Wildman–Crippen MR) is 53.7 cm³/mol. The van der Waals surface area contributed by atoms with Crippen LogP contribution in [0.2, 0.25) is 0 Å². The first-order valence-corrected chi connectivity index (χ1v) is 4.79. The molecule has 2 aromatic rings. The maximum absolute atomic E-state index is 13.5. The number of hydrogen-bond donors (Lipinski definition) is 0. The molecule has 0 spiro atoms. The van der Waals surface area contributed by atoms with Gasteiger partial charge in [0, 0.05) is 0 Å². The SMILES string of the molecule is COc1cc2ccc(C=O)c(F)c2s1. The maximum atomic E-state index is 13.5. The Morgan fingerprint density at radius 3 is 2.93 bits per heavy atom. The summed E-state index contributed by atoms with van der Waals surface area (Å²) in [7, 11) is 1.53. The van der Waals surface area contributed by atoms with E-state index in [-0.39, 0.29) is 5.56 Å². The molecule has 0 saturated heterocycles. The van der Waals surface area contributed by atoms with Crippen molar-refractivity contribution in [3.8, 4) is 5.06 Å². The summed E-state index contributed by atoms with van der Waals surface area (Å²) < 4.78 is 19.0. The van der Waals surface area contributed by atoms with E-state index in [0.29, 0.717) is 16.0 Å². The molecule has 0 atom stereocenters. The highest BCUT2D eigenvalue weighted by Crippen LogP contribution is 2.33. The Labute approximate surface area is 83.9 Å². The molecule has 0 aliphatic heterocycles. The third-order valence-corrected chi connectivity index (χ3v) is 3.07. The Morgan fingerprint density at radius 1 is 1.50 bits per heavy atom. The second kappa shape index (κ2) is 3.38. The Morgan fingerprint density at radius 2 is 2.29 bits per heavy atom. The number of hydrogen-bond acceptors (Lipinski definition) is 3. The molecule has 2 rings (SSSR count). The van der Waals surface area contributed by atoms with Crippen molar-refractivity contribution in [2.75, 3.05) is 7.11 Å². The van der Waals surface area contributed by atoms with Crippen LogP contribution in [0.3, 0.4) is 0 Å². The lowest BCUT2D eigenvalue weighted by Crippen LogP contribution is -1.85. The van der Waals surface area contributed by atoms with Gasteiger partial charge < -0.3 is 4.74 Å². The number of aldehydes is 1. The van der Waals surface area contributed by atoms with Crippen molar-refractivity contribution in [2.24, 2.45) is 0 Å². The average molecular weight is 210 g/mol. The van der Waals surface area contributed by atoms with E-state index in [4.69, 9.17) is 4.74 Å². The van der Waals surface area contributed by atoms with Gasteiger partial charge in [-0.1, -0.05) is 17.4 Å². The second-order valence-electron chi connectivity index (χ2n) is 2.77. The zero-order valence-electron chi connectivity index (χ0n) is 7.41. The molecule has 0 aliphatic rings. The van der Waals surface area contributed by atoms with Gasteiger partial charge in [0.05, 0.1) is 17.4 Å². The van der Waals surface area contributed by atoms with Gasteiger partial charge in [-0.3, -0.25) is 4.79 Å². The van der Waals surface area contributed by atoms with Crippen molar-refractivity contribution in [1.29, 1.82) is 0 Å². The van der Waals surface area contributed by atoms with Gasteiger partial charge >= 0.3 is 0 Å². The summed E-state index contributed by atoms with van der Waals surface area (Å²) in [6.45, 7) is 0. The minimum atomic E-state index is -0.467. The number of carbonyl (C=O) groups is 1. The first-order valence-electron chi connectivity index (χ1n) is 3.97. The van der Waals surface area contributed by atoms with Crippen LogP contribution in [0.4, 0.5) is 4.39 Å². The first kappa shape index (κ1) is 9.15. The number of methoxy groups -OCH3 is 1. The number of carbonyl (C=O) groups excluding carboxylic acids is 1. The van der Waals surface area contributed by atoms with E-state index in [9.17, 15) is 9.18 Å². The van der Waals surface area contributed by atoms with E-state index in [1.165, 1.54) is 24.5 Å². The molecule has 1 heterocycles. The summed E-state index contributed by atoms with van der Waals surface area (Å²) in [5.41, 5.74) is 0.0852. The molecule has 0 radical (unpaired) electrons. The van der Waals surface area contributed by atoms with Crippen LogP contribution in [-0.2, 0) is 0 Å². The summed E-state index contributed by atoms with van der Waals surface area (Å²) in [4.78, 5) is 10.5. The molecule has 1 aromatic heterocycles. The van der Waals surface area contributed by atoms with Crippen LogP contribution in [0.15, 0.2) is 18.2 Å². The fourth-order valence-electron chi connectivity index (χ4n) is 1.25. The van der Waals surface area contributed by atoms with Crippen LogP contribution in [-0.4, -0.2) is 13.4 Å². The number of halogens is 1. The Kier molecular flexibility index (Phi) is 2.21. The highest BCUT2D eigenvalue weighted by molar-refractivity contribution is 7.20. The van der Waals surface area contributed by atoms with Gasteiger partial charge in [0.2, 0.25) is 0 Å². The van der Waals surface area contributed by atoms with Gasteiger partial charge in [-0.05, 0) is 17.5 Å². The highest BCUT2D eigenvalue weighted by Gasteiger charge is 2.10. The summed E-state index contributed by atoms with van der Waals surface area (Å²) in [5.74, 6) is -0.467. The van der Waals surface area contributed by atoms with E-state index in [1.807, 2.05) is 0 Å². The lowest BCUT2D eigenvalue weighted by Gasteiger charge is -1.94. The molecule has 0 saturated carbocycles. The van der Waals surface area contributed by atoms with Crippen LogP contribution in [0.25, 0.3) is 10.1 Å². The topological polar surface area (TPSA) is 26.3 Å². The summed E-state index contributed by atoms with van der Waals surface area (Å²) >= 11 is 1.20. The van der Waals surface area contributed by atoms with E-state index in [1.54, 1.807) is 12.1 Å². The van der Waals surface area contributed by atoms with Gasteiger partial charge in [0.25, 0.3) is 0 Å². The zero-order chi connectivity index (χ0) is 10.1. The van der Waals surface area contributed by atoms with Crippen LogP contribution in [0.1, 0.15) is 10.4 Å². The summed E-state index contributed by atoms with van der Waals surface area (Å²) in [6.07, 6.45) is 0.515. The lowest BCUT2D eigenvalue weighted by molar-refractivity contribution is 0.112. The maximum Gasteiger partial charge on any atom is 0.174 e. The Balaban J connectivity index is 2.74. The number of rotatable bonds is 2. The van der Waals surface area contributed by atoms with Crippen LogP contribution >= 0.6 is 11.3 Å². The van der Waals surface area contributed by atoms with E-state index < -0.39 is 5.82 Å². The predicted octanol–water partition coefficient (Wildman–Crippen LogP) is 2.86. The molecule has 0 bridgehead atoms. The fraction of sp³-hybridized carbons (Fsp3) is 0.100. The standard InChI is InChI=1S/C10H7FO2S/c1-13-8-4-6-2-3-7(5-12)9(11)10(6)14-8/h2-5H,1H3. The first-order chi connectivity index (χ1) is 6.76. The van der Waals surface area contributed by atoms with Crippen molar-refractivity contribution in [1.82, 2.24) is 0 Å². The number of fused-ring (bicyclic) bond motifs is 1. The van der Waals surface area contributed by atoms with Crippen LogP contribution in [0.5, 0.6) is 5.06 Å². The van der Waals surface area contributed by atoms with Crippen molar-refractivity contribution >= 4 is 27.7 Å². The average Bonchev–Trinajstić information content (AvgIpc) is 2.62. The Bertz CT molecular complexity index is 490. The molecule has 2 nitrogen and oxygen atoms in total. The molecule has 14 heavy (non-hydrogen) atoms. The molecule has 0 N–H and O–H groups in total. The second-order valence-corrected chi connectivity index (χ2v) is 3.79. The van der Waals surface area contributed by atoms with Gasteiger partial charge in [-0.2, -0.15) is 0 Å². The summed E-state index contributed by atoms with van der Waals surface area (Å²) in [5, 5.41) is 1.40. The molecule has 1 aromatic carbocycles. The third kappa shape index (κ3) is 1.28. The van der Waals surface area contributed by atoms with Gasteiger partial charge in [-0.25, -0.2) is 4.39 Å².